The molecule has 0 aliphatic carbocycles. The Morgan fingerprint density at radius 3 is 3.05 bits per heavy atom. The summed E-state index contributed by atoms with van der Waals surface area (Å²) in [6, 6.07) is 0. The molecule has 2 N–H and O–H groups in total. The number of nitrogens with zero attached hydrogens (tertiary/aromatic N) is 2. The molecule has 2 aliphatic heterocycles. The highest BCUT2D eigenvalue weighted by molar-refractivity contribution is 7.41. The van der Waals surface area contributed by atoms with Crippen molar-refractivity contribution in [3.05, 3.63) is 22.5 Å². The van der Waals surface area contributed by atoms with Gasteiger partial charge >= 0.3 is 14.3 Å². The molecule has 0 radical (unpaired) electrons. The van der Waals surface area contributed by atoms with Gasteiger partial charge in [-0.25, -0.2) is 9.18 Å². The predicted molar refractivity (Wildman–Crippen MR) is 75.4 cm³/mol. The Morgan fingerprint density at radius 1 is 1.55 bits per heavy atom. The maximum absolute atomic E-state index is 13.5. The summed E-state index contributed by atoms with van der Waals surface area (Å²) in [4.78, 5) is 15.3. The number of ether oxygens (including phenoxy) is 1. The molecule has 1 aromatic rings. The highest BCUT2D eigenvalue weighted by Crippen LogP contribution is 2.50. The fraction of sp³-hybridized carbons (Fsp3) is 0.667. The van der Waals surface area contributed by atoms with Crippen LogP contribution in [0.4, 0.5) is 10.2 Å². The molecule has 4 unspecified atom stereocenters. The summed E-state index contributed by atoms with van der Waals surface area (Å²) in [5.41, 5.74) is 4.61. The molecule has 0 bridgehead atoms. The van der Waals surface area contributed by atoms with Crippen molar-refractivity contribution < 1.29 is 22.7 Å². The number of nitrogen functional groups attached to an aromatic ring is 1. The molecule has 0 spiro atoms. The van der Waals surface area contributed by atoms with Crippen molar-refractivity contribution in [1.29, 1.82) is 0 Å². The number of fused-ring (bicyclic) bond motifs is 1. The zero-order chi connectivity index (χ0) is 15.9. The van der Waals surface area contributed by atoms with E-state index in [0.717, 1.165) is 10.8 Å². The number of rotatable bonds is 3. The van der Waals surface area contributed by atoms with Crippen molar-refractivity contribution in [3.8, 4) is 0 Å². The quantitative estimate of drug-likeness (QED) is 0.833. The van der Waals surface area contributed by atoms with Gasteiger partial charge in [-0.1, -0.05) is 0 Å². The lowest BCUT2D eigenvalue weighted by Crippen LogP contribution is -2.32. The fourth-order valence-corrected chi connectivity index (χ4v) is 3.53. The molecule has 3 rings (SSSR count). The first-order valence-corrected chi connectivity index (χ1v) is 8.00. The van der Waals surface area contributed by atoms with Crippen molar-refractivity contribution in [1.82, 2.24) is 9.55 Å². The first kappa shape index (κ1) is 15.8. The van der Waals surface area contributed by atoms with E-state index in [1.165, 1.54) is 0 Å². The van der Waals surface area contributed by atoms with Crippen LogP contribution in [0.25, 0.3) is 0 Å². The number of anilines is 1. The molecule has 2 fully saturated rings. The van der Waals surface area contributed by atoms with Crippen LogP contribution in [0, 0.1) is 5.82 Å². The van der Waals surface area contributed by atoms with E-state index >= 15 is 0 Å². The van der Waals surface area contributed by atoms with Gasteiger partial charge in [-0.2, -0.15) is 4.98 Å². The van der Waals surface area contributed by atoms with Crippen LogP contribution in [0.3, 0.4) is 0 Å². The topological polar surface area (TPSA) is 97.8 Å². The van der Waals surface area contributed by atoms with E-state index in [0.29, 0.717) is 13.0 Å². The second-order valence-corrected chi connectivity index (χ2v) is 6.47. The molecule has 122 valence electrons. The van der Waals surface area contributed by atoms with Gasteiger partial charge in [0.25, 0.3) is 0 Å². The average molecular weight is 333 g/mol. The molecule has 0 saturated carbocycles. The van der Waals surface area contributed by atoms with Gasteiger partial charge < -0.3 is 24.0 Å². The fourth-order valence-electron chi connectivity index (χ4n) is 2.30. The van der Waals surface area contributed by atoms with Crippen molar-refractivity contribution >= 4 is 14.4 Å². The molecule has 8 nitrogen and oxygen atoms in total. The largest absolute Gasteiger partial charge is 0.381 e. The molecule has 3 heterocycles. The highest BCUT2D eigenvalue weighted by Gasteiger charge is 2.44. The zero-order valence-corrected chi connectivity index (χ0v) is 13.0. The Hall–Kier alpha value is -1.12. The summed E-state index contributed by atoms with van der Waals surface area (Å²) in [7, 11) is -1.43. The van der Waals surface area contributed by atoms with E-state index in [-0.39, 0.29) is 18.3 Å². The van der Waals surface area contributed by atoms with Crippen molar-refractivity contribution in [2.45, 2.75) is 44.8 Å². The van der Waals surface area contributed by atoms with E-state index in [1.54, 1.807) is 0 Å². The lowest BCUT2D eigenvalue weighted by Gasteiger charge is -2.30. The molecule has 2 aliphatic rings. The second kappa shape index (κ2) is 6.17. The van der Waals surface area contributed by atoms with Gasteiger partial charge in [0.2, 0.25) is 0 Å². The van der Waals surface area contributed by atoms with E-state index in [9.17, 15) is 9.18 Å². The van der Waals surface area contributed by atoms with Gasteiger partial charge in [0.1, 0.15) is 12.3 Å². The summed E-state index contributed by atoms with van der Waals surface area (Å²) < 4.78 is 37.0. The number of aromatic nitrogens is 2. The second-order valence-electron chi connectivity index (χ2n) is 5.35. The maximum atomic E-state index is 13.5. The third kappa shape index (κ3) is 3.13. The van der Waals surface area contributed by atoms with Crippen LogP contribution in [0.2, 0.25) is 0 Å². The van der Waals surface area contributed by atoms with Gasteiger partial charge in [0.15, 0.2) is 11.6 Å². The van der Waals surface area contributed by atoms with E-state index in [4.69, 9.17) is 24.0 Å². The smallest absolute Gasteiger partial charge is 0.351 e. The Labute approximate surface area is 127 Å². The SMILES string of the molecule is CC(C)OP1OCC2OC(n3cc(F)c(N)nc3=O)CC2O1. The van der Waals surface area contributed by atoms with Crippen LogP contribution in [-0.2, 0) is 18.3 Å². The van der Waals surface area contributed by atoms with Crippen LogP contribution >= 0.6 is 8.60 Å². The Morgan fingerprint density at radius 2 is 2.32 bits per heavy atom. The van der Waals surface area contributed by atoms with Crippen molar-refractivity contribution in [2.24, 2.45) is 0 Å². The lowest BCUT2D eigenvalue weighted by atomic mass is 10.2. The Bertz CT molecular complexity index is 613. The molecule has 2 saturated heterocycles. The number of nitrogens with two attached hydrogens (primary N) is 1. The van der Waals surface area contributed by atoms with Crippen LogP contribution in [0.15, 0.2) is 11.0 Å². The first-order valence-electron chi connectivity index (χ1n) is 6.90. The molecule has 22 heavy (non-hydrogen) atoms. The van der Waals surface area contributed by atoms with Crippen LogP contribution in [-0.4, -0.2) is 34.5 Å². The zero-order valence-electron chi connectivity index (χ0n) is 12.1. The van der Waals surface area contributed by atoms with Crippen LogP contribution in [0.1, 0.15) is 26.5 Å². The first-order chi connectivity index (χ1) is 10.4. The average Bonchev–Trinajstić information content (AvgIpc) is 2.85. The van der Waals surface area contributed by atoms with Gasteiger partial charge in [-0.3, -0.25) is 4.57 Å². The number of hydrogen-bond acceptors (Lipinski definition) is 7. The van der Waals surface area contributed by atoms with Gasteiger partial charge in [0, 0.05) is 6.42 Å². The summed E-state index contributed by atoms with van der Waals surface area (Å²) in [6.45, 7) is 4.08. The Balaban J connectivity index is 1.73. The normalized spacial score (nSPS) is 31.5. The minimum atomic E-state index is -1.43. The highest BCUT2D eigenvalue weighted by atomic mass is 31.2. The van der Waals surface area contributed by atoms with Crippen molar-refractivity contribution in [3.63, 3.8) is 0 Å². The molecule has 1 aromatic heterocycles. The molecular weight excluding hydrogens is 316 g/mol. The standard InChI is InChI=1S/C12H17FN3O5P/c1-6(2)20-22-18-5-9-8(21-22)3-10(19-9)16-4-7(13)11(14)15-12(16)17/h4,6,8-10H,3,5H2,1-2H3,(H2,14,15,17). The summed E-state index contributed by atoms with van der Waals surface area (Å²) in [5, 5.41) is 0. The lowest BCUT2D eigenvalue weighted by molar-refractivity contribution is -0.0642. The molecule has 0 amide bonds. The third-order valence-electron chi connectivity index (χ3n) is 3.29. The van der Waals surface area contributed by atoms with Gasteiger partial charge in [-0.15, -0.1) is 0 Å². The molecule has 0 aromatic carbocycles. The summed E-state index contributed by atoms with van der Waals surface area (Å²) >= 11 is 0. The summed E-state index contributed by atoms with van der Waals surface area (Å²) in [5.74, 6) is -1.19. The van der Waals surface area contributed by atoms with Gasteiger partial charge in [0.05, 0.1) is 25.0 Å². The van der Waals surface area contributed by atoms with Crippen molar-refractivity contribution in [2.75, 3.05) is 12.3 Å². The van der Waals surface area contributed by atoms with Crippen LogP contribution < -0.4 is 11.4 Å². The minimum absolute atomic E-state index is 0.0150. The van der Waals surface area contributed by atoms with E-state index < -0.39 is 32.2 Å². The number of halogens is 1. The Kier molecular flexibility index (Phi) is 4.42. The molecular formula is C12H17FN3O5P. The maximum Gasteiger partial charge on any atom is 0.351 e. The van der Waals surface area contributed by atoms with Gasteiger partial charge in [-0.05, 0) is 13.8 Å². The number of hydrogen-bond donors (Lipinski definition) is 1. The molecule has 4 atom stereocenters. The van der Waals surface area contributed by atoms with E-state index in [1.807, 2.05) is 13.8 Å². The van der Waals surface area contributed by atoms with E-state index in [2.05, 4.69) is 4.98 Å². The van der Waals surface area contributed by atoms with Crippen LogP contribution in [0.5, 0.6) is 0 Å². The third-order valence-corrected chi connectivity index (χ3v) is 4.68. The predicted octanol–water partition coefficient (Wildman–Crippen LogP) is 1.32. The minimum Gasteiger partial charge on any atom is -0.381 e. The summed E-state index contributed by atoms with van der Waals surface area (Å²) in [6.07, 6.45) is 0.116. The molecule has 10 heteroatoms. The monoisotopic (exact) mass is 333 g/mol.